The standard InChI is InChI=1S/C19H25N5O2.ClH/c1-26-9-8-24(12-15-2-3-15)18-10-17(21-13-22-18)19(25)23-16-6-4-14(11-20)5-7-16;/h4-7,10,13,15H,2-3,8-9,11-12,20H2,1H3,(H,23,25);1H. The Balaban J connectivity index is 0.00000261. The maximum absolute atomic E-state index is 12.5. The van der Waals surface area contributed by atoms with Gasteiger partial charge in [0, 0.05) is 38.5 Å². The fourth-order valence-electron chi connectivity index (χ4n) is 2.68. The number of halogens is 1. The first kappa shape index (κ1) is 21.1. The molecule has 3 rings (SSSR count). The van der Waals surface area contributed by atoms with Gasteiger partial charge in [-0.05, 0) is 36.5 Å². The van der Waals surface area contributed by atoms with E-state index in [1.807, 2.05) is 24.3 Å². The zero-order valence-electron chi connectivity index (χ0n) is 15.4. The van der Waals surface area contributed by atoms with E-state index in [0.29, 0.717) is 30.5 Å². The van der Waals surface area contributed by atoms with Crippen LogP contribution in [0.5, 0.6) is 0 Å². The Hall–Kier alpha value is -2.22. The van der Waals surface area contributed by atoms with Crippen LogP contribution in [0.2, 0.25) is 0 Å². The van der Waals surface area contributed by atoms with Gasteiger partial charge in [0.2, 0.25) is 0 Å². The molecule has 1 saturated carbocycles. The molecule has 8 heteroatoms. The summed E-state index contributed by atoms with van der Waals surface area (Å²) < 4.78 is 5.20. The van der Waals surface area contributed by atoms with Crippen LogP contribution in [0.1, 0.15) is 28.9 Å². The maximum Gasteiger partial charge on any atom is 0.274 e. The molecule has 0 saturated heterocycles. The molecule has 146 valence electrons. The summed E-state index contributed by atoms with van der Waals surface area (Å²) in [4.78, 5) is 23.2. The number of aromatic nitrogens is 2. The van der Waals surface area contributed by atoms with Gasteiger partial charge >= 0.3 is 0 Å². The lowest BCUT2D eigenvalue weighted by molar-refractivity contribution is 0.102. The van der Waals surface area contributed by atoms with Gasteiger partial charge in [-0.15, -0.1) is 12.4 Å². The molecule has 7 nitrogen and oxygen atoms in total. The summed E-state index contributed by atoms with van der Waals surface area (Å²) >= 11 is 0. The third-order valence-corrected chi connectivity index (χ3v) is 4.40. The van der Waals surface area contributed by atoms with Crippen molar-refractivity contribution in [2.24, 2.45) is 11.7 Å². The van der Waals surface area contributed by atoms with Gasteiger partial charge in [-0.25, -0.2) is 9.97 Å². The molecule has 0 aliphatic heterocycles. The van der Waals surface area contributed by atoms with Crippen molar-refractivity contribution < 1.29 is 9.53 Å². The molecule has 1 aliphatic carbocycles. The summed E-state index contributed by atoms with van der Waals surface area (Å²) in [6.45, 7) is 2.77. The first-order valence-electron chi connectivity index (χ1n) is 8.86. The number of carbonyl (C=O) groups excluding carboxylic acids is 1. The predicted octanol–water partition coefficient (Wildman–Crippen LogP) is 2.47. The van der Waals surface area contributed by atoms with Crippen molar-refractivity contribution in [1.82, 2.24) is 9.97 Å². The molecular formula is C19H26ClN5O2. The number of amides is 1. The molecule has 1 heterocycles. The first-order chi connectivity index (χ1) is 12.7. The second-order valence-corrected chi connectivity index (χ2v) is 6.50. The number of hydrogen-bond donors (Lipinski definition) is 2. The highest BCUT2D eigenvalue weighted by atomic mass is 35.5. The minimum absolute atomic E-state index is 0. The molecule has 0 atom stereocenters. The molecule has 1 amide bonds. The molecule has 2 aromatic rings. The third kappa shape index (κ3) is 6.16. The molecule has 1 fully saturated rings. The van der Waals surface area contributed by atoms with Gasteiger partial charge in [0.1, 0.15) is 17.8 Å². The second-order valence-electron chi connectivity index (χ2n) is 6.50. The van der Waals surface area contributed by atoms with Crippen LogP contribution in [0.25, 0.3) is 0 Å². The highest BCUT2D eigenvalue weighted by Gasteiger charge is 2.25. The van der Waals surface area contributed by atoms with E-state index < -0.39 is 0 Å². The fourth-order valence-corrected chi connectivity index (χ4v) is 2.68. The summed E-state index contributed by atoms with van der Waals surface area (Å²) in [7, 11) is 1.68. The van der Waals surface area contributed by atoms with Crippen molar-refractivity contribution in [3.8, 4) is 0 Å². The van der Waals surface area contributed by atoms with Crippen LogP contribution in [-0.4, -0.2) is 42.7 Å². The monoisotopic (exact) mass is 391 g/mol. The number of carbonyl (C=O) groups is 1. The number of hydrogen-bond acceptors (Lipinski definition) is 6. The van der Waals surface area contributed by atoms with E-state index in [4.69, 9.17) is 10.5 Å². The Morgan fingerprint density at radius 1 is 1.30 bits per heavy atom. The van der Waals surface area contributed by atoms with Gasteiger partial charge in [-0.2, -0.15) is 0 Å². The highest BCUT2D eigenvalue weighted by Crippen LogP contribution is 2.31. The second kappa shape index (κ2) is 10.2. The molecule has 3 N–H and O–H groups in total. The van der Waals surface area contributed by atoms with Crippen LogP contribution in [0.4, 0.5) is 11.5 Å². The number of ether oxygens (including phenoxy) is 1. The third-order valence-electron chi connectivity index (χ3n) is 4.40. The number of nitrogens with two attached hydrogens (primary N) is 1. The lowest BCUT2D eigenvalue weighted by atomic mass is 10.2. The van der Waals surface area contributed by atoms with E-state index in [1.165, 1.54) is 19.2 Å². The number of benzene rings is 1. The van der Waals surface area contributed by atoms with Crippen LogP contribution in [0.3, 0.4) is 0 Å². The molecule has 0 spiro atoms. The molecule has 1 aromatic heterocycles. The normalized spacial score (nSPS) is 13.0. The average molecular weight is 392 g/mol. The number of anilines is 2. The summed E-state index contributed by atoms with van der Waals surface area (Å²) in [6.07, 6.45) is 3.94. The van der Waals surface area contributed by atoms with E-state index in [1.54, 1.807) is 13.2 Å². The minimum Gasteiger partial charge on any atom is -0.383 e. The molecule has 27 heavy (non-hydrogen) atoms. The Kier molecular flexibility index (Phi) is 7.97. The number of nitrogens with one attached hydrogen (secondary N) is 1. The summed E-state index contributed by atoms with van der Waals surface area (Å²) in [5.74, 6) is 1.21. The van der Waals surface area contributed by atoms with E-state index in [0.717, 1.165) is 24.5 Å². The van der Waals surface area contributed by atoms with Crippen LogP contribution in [0.15, 0.2) is 36.7 Å². The minimum atomic E-state index is -0.257. The van der Waals surface area contributed by atoms with Gasteiger partial charge in [-0.3, -0.25) is 4.79 Å². The van der Waals surface area contributed by atoms with Gasteiger partial charge in [-0.1, -0.05) is 12.1 Å². The van der Waals surface area contributed by atoms with Crippen molar-refractivity contribution in [3.63, 3.8) is 0 Å². The molecule has 0 bridgehead atoms. The smallest absolute Gasteiger partial charge is 0.274 e. The average Bonchev–Trinajstić information content (AvgIpc) is 3.50. The summed E-state index contributed by atoms with van der Waals surface area (Å²) in [6, 6.07) is 9.19. The molecule has 0 radical (unpaired) electrons. The molecule has 1 aromatic carbocycles. The maximum atomic E-state index is 12.5. The van der Waals surface area contributed by atoms with Crippen LogP contribution in [0, 0.1) is 5.92 Å². The van der Waals surface area contributed by atoms with Gasteiger partial charge < -0.3 is 20.7 Å². The first-order valence-corrected chi connectivity index (χ1v) is 8.86. The summed E-state index contributed by atoms with van der Waals surface area (Å²) in [5.41, 5.74) is 7.66. The Bertz CT molecular complexity index is 737. The largest absolute Gasteiger partial charge is 0.383 e. The van der Waals surface area contributed by atoms with E-state index >= 15 is 0 Å². The highest BCUT2D eigenvalue weighted by molar-refractivity contribution is 6.03. The topological polar surface area (TPSA) is 93.4 Å². The predicted molar refractivity (Wildman–Crippen MR) is 108 cm³/mol. The van der Waals surface area contributed by atoms with Gasteiger partial charge in [0.25, 0.3) is 5.91 Å². The molecule has 0 unspecified atom stereocenters. The zero-order chi connectivity index (χ0) is 18.4. The Morgan fingerprint density at radius 2 is 2.04 bits per heavy atom. The number of rotatable bonds is 9. The van der Waals surface area contributed by atoms with Crippen molar-refractivity contribution >= 4 is 29.8 Å². The number of nitrogens with zero attached hydrogens (tertiary/aromatic N) is 3. The van der Waals surface area contributed by atoms with Gasteiger partial charge in [0.05, 0.1) is 6.61 Å². The van der Waals surface area contributed by atoms with Crippen LogP contribution >= 0.6 is 12.4 Å². The quantitative estimate of drug-likeness (QED) is 0.682. The lowest BCUT2D eigenvalue weighted by Crippen LogP contribution is -2.30. The molecule has 1 aliphatic rings. The van der Waals surface area contributed by atoms with Crippen molar-refractivity contribution in [3.05, 3.63) is 47.9 Å². The van der Waals surface area contributed by atoms with Crippen molar-refractivity contribution in [2.75, 3.05) is 37.0 Å². The van der Waals surface area contributed by atoms with E-state index in [9.17, 15) is 4.79 Å². The number of methoxy groups -OCH3 is 1. The SMILES string of the molecule is COCCN(CC1CC1)c1cc(C(=O)Nc2ccc(CN)cc2)ncn1.Cl. The van der Waals surface area contributed by atoms with Gasteiger partial charge in [0.15, 0.2) is 0 Å². The fraction of sp³-hybridized carbons (Fsp3) is 0.421. The van der Waals surface area contributed by atoms with Crippen LogP contribution < -0.4 is 16.0 Å². The van der Waals surface area contributed by atoms with Crippen molar-refractivity contribution in [1.29, 1.82) is 0 Å². The van der Waals surface area contributed by atoms with Crippen LogP contribution in [-0.2, 0) is 11.3 Å². The zero-order valence-corrected chi connectivity index (χ0v) is 16.2. The van der Waals surface area contributed by atoms with Crippen molar-refractivity contribution in [2.45, 2.75) is 19.4 Å². The summed E-state index contributed by atoms with van der Waals surface area (Å²) in [5, 5.41) is 2.86. The Labute approximate surface area is 165 Å². The molecular weight excluding hydrogens is 366 g/mol. The van der Waals surface area contributed by atoms with E-state index in [-0.39, 0.29) is 18.3 Å². The Morgan fingerprint density at radius 3 is 2.67 bits per heavy atom. The van der Waals surface area contributed by atoms with E-state index in [2.05, 4.69) is 20.2 Å². The lowest BCUT2D eigenvalue weighted by Gasteiger charge is -2.23.